The van der Waals surface area contributed by atoms with Crippen LogP contribution in [0, 0.1) is 0 Å². The number of nitrogens with zero attached hydrogens (tertiary/aromatic N) is 2. The molecule has 0 saturated heterocycles. The number of aliphatic imine (C=N–C) groups is 1. The maximum Gasteiger partial charge on any atom is 0.191 e. The standard InChI is InChI=1S/C23H34N4O2/c1-5-27(6-2)14-15-29-21-12-10-19(11-13-21)17-25-23(24-3)26-18-20-8-7-9-22(16-20)28-4/h7-13,16H,5-6,14-15,17-18H2,1-4H3,(H2,24,25,26). The summed E-state index contributed by atoms with van der Waals surface area (Å²) in [7, 11) is 3.45. The minimum Gasteiger partial charge on any atom is -0.497 e. The first-order valence-electron chi connectivity index (χ1n) is 10.2. The summed E-state index contributed by atoms with van der Waals surface area (Å²) in [6, 6.07) is 16.2. The van der Waals surface area contributed by atoms with Crippen molar-refractivity contribution in [2.75, 3.05) is 40.4 Å². The third kappa shape index (κ3) is 8.03. The summed E-state index contributed by atoms with van der Waals surface area (Å²) in [5.74, 6) is 2.51. The van der Waals surface area contributed by atoms with Gasteiger partial charge in [0.1, 0.15) is 18.1 Å². The number of benzene rings is 2. The summed E-state index contributed by atoms with van der Waals surface area (Å²) in [4.78, 5) is 6.63. The molecule has 0 spiro atoms. The van der Waals surface area contributed by atoms with Gasteiger partial charge in [0.05, 0.1) is 7.11 Å². The molecule has 0 saturated carbocycles. The Morgan fingerprint density at radius 2 is 1.62 bits per heavy atom. The SMILES string of the molecule is CCN(CC)CCOc1ccc(CNC(=NC)NCc2cccc(OC)c2)cc1. The van der Waals surface area contributed by atoms with Crippen molar-refractivity contribution in [2.45, 2.75) is 26.9 Å². The third-order valence-electron chi connectivity index (χ3n) is 4.77. The molecule has 0 heterocycles. The van der Waals surface area contributed by atoms with Crippen LogP contribution in [-0.2, 0) is 13.1 Å². The van der Waals surface area contributed by atoms with E-state index in [1.807, 2.05) is 30.3 Å². The highest BCUT2D eigenvalue weighted by molar-refractivity contribution is 5.79. The van der Waals surface area contributed by atoms with Gasteiger partial charge in [-0.25, -0.2) is 0 Å². The van der Waals surface area contributed by atoms with Crippen LogP contribution >= 0.6 is 0 Å². The highest BCUT2D eigenvalue weighted by Crippen LogP contribution is 2.13. The number of hydrogen-bond donors (Lipinski definition) is 2. The molecule has 0 aliphatic carbocycles. The largest absolute Gasteiger partial charge is 0.497 e. The number of guanidine groups is 1. The van der Waals surface area contributed by atoms with E-state index in [0.717, 1.165) is 42.7 Å². The van der Waals surface area contributed by atoms with E-state index in [-0.39, 0.29) is 0 Å². The molecule has 0 aliphatic rings. The van der Waals surface area contributed by atoms with Gasteiger partial charge in [0.25, 0.3) is 0 Å². The fourth-order valence-electron chi connectivity index (χ4n) is 2.91. The predicted octanol–water partition coefficient (Wildman–Crippen LogP) is 3.28. The number of methoxy groups -OCH3 is 1. The first kappa shape index (κ1) is 22.6. The van der Waals surface area contributed by atoms with Gasteiger partial charge in [0.2, 0.25) is 0 Å². The lowest BCUT2D eigenvalue weighted by molar-refractivity contribution is 0.223. The zero-order chi connectivity index (χ0) is 20.9. The lowest BCUT2D eigenvalue weighted by Gasteiger charge is -2.18. The maximum absolute atomic E-state index is 5.84. The molecule has 0 aromatic heterocycles. The Hall–Kier alpha value is -2.73. The summed E-state index contributed by atoms with van der Waals surface area (Å²) in [5, 5.41) is 6.66. The monoisotopic (exact) mass is 398 g/mol. The molecule has 0 amide bonds. The van der Waals surface area contributed by atoms with Crippen LogP contribution in [0.5, 0.6) is 11.5 Å². The molecule has 0 bridgehead atoms. The molecule has 0 aliphatic heterocycles. The van der Waals surface area contributed by atoms with E-state index in [0.29, 0.717) is 19.7 Å². The van der Waals surface area contributed by atoms with Gasteiger partial charge in [-0.3, -0.25) is 4.99 Å². The van der Waals surface area contributed by atoms with E-state index in [1.165, 1.54) is 5.56 Å². The van der Waals surface area contributed by atoms with E-state index in [2.05, 4.69) is 52.6 Å². The number of rotatable bonds is 11. The Kier molecular flexibility index (Phi) is 9.86. The molecule has 0 atom stereocenters. The van der Waals surface area contributed by atoms with E-state index >= 15 is 0 Å². The van der Waals surface area contributed by atoms with Crippen molar-refractivity contribution in [3.8, 4) is 11.5 Å². The van der Waals surface area contributed by atoms with Crippen molar-refractivity contribution < 1.29 is 9.47 Å². The third-order valence-corrected chi connectivity index (χ3v) is 4.77. The first-order valence-corrected chi connectivity index (χ1v) is 10.2. The lowest BCUT2D eigenvalue weighted by atomic mass is 10.2. The molecular formula is C23H34N4O2. The average molecular weight is 399 g/mol. The molecule has 0 radical (unpaired) electrons. The summed E-state index contributed by atoms with van der Waals surface area (Å²) in [6.07, 6.45) is 0. The van der Waals surface area contributed by atoms with Crippen LogP contribution in [0.1, 0.15) is 25.0 Å². The topological polar surface area (TPSA) is 58.1 Å². The van der Waals surface area contributed by atoms with Gasteiger partial charge in [0, 0.05) is 26.7 Å². The molecule has 2 aromatic carbocycles. The fraction of sp³-hybridized carbons (Fsp3) is 0.435. The van der Waals surface area contributed by atoms with Crippen LogP contribution in [-0.4, -0.2) is 51.3 Å². The molecule has 29 heavy (non-hydrogen) atoms. The zero-order valence-corrected chi connectivity index (χ0v) is 18.1. The van der Waals surface area contributed by atoms with Gasteiger partial charge >= 0.3 is 0 Å². The Morgan fingerprint density at radius 1 is 0.931 bits per heavy atom. The molecule has 158 valence electrons. The lowest BCUT2D eigenvalue weighted by Crippen LogP contribution is -2.36. The number of likely N-dealkylation sites (N-methyl/N-ethyl adjacent to an activating group) is 1. The highest BCUT2D eigenvalue weighted by Gasteiger charge is 2.02. The molecule has 0 unspecified atom stereocenters. The van der Waals surface area contributed by atoms with Crippen LogP contribution in [0.15, 0.2) is 53.5 Å². The Balaban J connectivity index is 1.75. The minimum absolute atomic E-state index is 0.677. The number of nitrogens with one attached hydrogen (secondary N) is 2. The van der Waals surface area contributed by atoms with Crippen LogP contribution in [0.4, 0.5) is 0 Å². The van der Waals surface area contributed by atoms with Crippen LogP contribution in [0.25, 0.3) is 0 Å². The molecule has 2 aromatic rings. The summed E-state index contributed by atoms with van der Waals surface area (Å²) < 4.78 is 11.1. The van der Waals surface area contributed by atoms with Crippen molar-refractivity contribution in [3.63, 3.8) is 0 Å². The van der Waals surface area contributed by atoms with Crippen molar-refractivity contribution in [3.05, 3.63) is 59.7 Å². The predicted molar refractivity (Wildman–Crippen MR) is 120 cm³/mol. The molecular weight excluding hydrogens is 364 g/mol. The van der Waals surface area contributed by atoms with Crippen LogP contribution < -0.4 is 20.1 Å². The maximum atomic E-state index is 5.84. The molecule has 0 fully saturated rings. The quantitative estimate of drug-likeness (QED) is 0.449. The second kappa shape index (κ2) is 12.7. The van der Waals surface area contributed by atoms with E-state index in [9.17, 15) is 0 Å². The first-order chi connectivity index (χ1) is 14.2. The highest BCUT2D eigenvalue weighted by atomic mass is 16.5. The summed E-state index contributed by atoms with van der Waals surface area (Å²) >= 11 is 0. The molecule has 6 heteroatoms. The van der Waals surface area contributed by atoms with Crippen molar-refractivity contribution >= 4 is 5.96 Å². The van der Waals surface area contributed by atoms with Gasteiger partial charge in [-0.2, -0.15) is 0 Å². The van der Waals surface area contributed by atoms with Crippen LogP contribution in [0.3, 0.4) is 0 Å². The normalized spacial score (nSPS) is 11.4. The Morgan fingerprint density at radius 3 is 2.24 bits per heavy atom. The van der Waals surface area contributed by atoms with Gasteiger partial charge in [-0.05, 0) is 48.5 Å². The second-order valence-corrected chi connectivity index (χ2v) is 6.65. The number of ether oxygens (including phenoxy) is 2. The summed E-state index contributed by atoms with van der Waals surface area (Å²) in [6.45, 7) is 9.48. The van der Waals surface area contributed by atoms with E-state index < -0.39 is 0 Å². The number of hydrogen-bond acceptors (Lipinski definition) is 4. The van der Waals surface area contributed by atoms with Crippen molar-refractivity contribution in [1.29, 1.82) is 0 Å². The van der Waals surface area contributed by atoms with Crippen LogP contribution in [0.2, 0.25) is 0 Å². The van der Waals surface area contributed by atoms with Gasteiger partial charge in [0.15, 0.2) is 5.96 Å². The Labute approximate surface area is 174 Å². The second-order valence-electron chi connectivity index (χ2n) is 6.65. The minimum atomic E-state index is 0.677. The van der Waals surface area contributed by atoms with Crippen molar-refractivity contribution in [1.82, 2.24) is 15.5 Å². The Bertz CT molecular complexity index is 743. The molecule has 2 N–H and O–H groups in total. The van der Waals surface area contributed by atoms with Crippen molar-refractivity contribution in [2.24, 2.45) is 4.99 Å². The summed E-state index contributed by atoms with van der Waals surface area (Å²) in [5.41, 5.74) is 2.31. The molecule has 2 rings (SSSR count). The molecule has 6 nitrogen and oxygen atoms in total. The van der Waals surface area contributed by atoms with Gasteiger partial charge in [-0.15, -0.1) is 0 Å². The smallest absolute Gasteiger partial charge is 0.191 e. The fourth-order valence-corrected chi connectivity index (χ4v) is 2.91. The van der Waals surface area contributed by atoms with E-state index in [1.54, 1.807) is 14.2 Å². The zero-order valence-electron chi connectivity index (χ0n) is 18.1. The average Bonchev–Trinajstić information content (AvgIpc) is 2.78. The van der Waals surface area contributed by atoms with Gasteiger partial charge in [-0.1, -0.05) is 38.1 Å². The van der Waals surface area contributed by atoms with Gasteiger partial charge < -0.3 is 25.0 Å². The van der Waals surface area contributed by atoms with E-state index in [4.69, 9.17) is 9.47 Å².